The molecule has 2 aliphatic rings. The Bertz CT molecular complexity index is 1120. The Balaban J connectivity index is 1.53. The van der Waals surface area contributed by atoms with Gasteiger partial charge in [0.15, 0.2) is 0 Å². The molecule has 5 rings (SSSR count). The van der Waals surface area contributed by atoms with E-state index in [1.54, 1.807) is 11.3 Å². The number of aromatic nitrogens is 4. The van der Waals surface area contributed by atoms with Crippen LogP contribution in [-0.2, 0) is 0 Å². The van der Waals surface area contributed by atoms with Crippen LogP contribution in [0.15, 0.2) is 12.3 Å². The number of pyridine rings is 1. The van der Waals surface area contributed by atoms with Crippen LogP contribution in [-0.4, -0.2) is 54.9 Å². The van der Waals surface area contributed by atoms with Crippen molar-refractivity contribution < 1.29 is 10.2 Å². The van der Waals surface area contributed by atoms with Crippen LogP contribution in [0.1, 0.15) is 49.9 Å². The van der Waals surface area contributed by atoms with E-state index in [1.807, 2.05) is 26.1 Å². The third kappa shape index (κ3) is 4.16. The predicted octanol–water partition coefficient (Wildman–Crippen LogP) is 3.66. The second kappa shape index (κ2) is 8.88. The summed E-state index contributed by atoms with van der Waals surface area (Å²) < 4.78 is 1.09. The van der Waals surface area contributed by atoms with Gasteiger partial charge in [0.25, 0.3) is 0 Å². The zero-order chi connectivity index (χ0) is 22.2. The summed E-state index contributed by atoms with van der Waals surface area (Å²) in [5, 5.41) is 27.7. The van der Waals surface area contributed by atoms with Crippen molar-refractivity contribution in [2.45, 2.75) is 70.6 Å². The van der Waals surface area contributed by atoms with Crippen LogP contribution in [0, 0.1) is 19.8 Å². The monoisotopic (exact) mass is 454 g/mol. The molecule has 8 nitrogen and oxygen atoms in total. The number of anilines is 2. The topological polar surface area (TPSA) is 116 Å². The number of thiazole rings is 1. The largest absolute Gasteiger partial charge is 0.396 e. The van der Waals surface area contributed by atoms with Gasteiger partial charge in [-0.15, -0.1) is 11.3 Å². The van der Waals surface area contributed by atoms with E-state index in [2.05, 4.69) is 15.6 Å². The molecule has 4 N–H and O–H groups in total. The number of aliphatic hydroxyl groups excluding tert-OH is 2. The summed E-state index contributed by atoms with van der Waals surface area (Å²) in [7, 11) is 0. The summed E-state index contributed by atoms with van der Waals surface area (Å²) >= 11 is 1.62. The summed E-state index contributed by atoms with van der Waals surface area (Å²) in [4.78, 5) is 18.9. The molecule has 0 saturated heterocycles. The average Bonchev–Trinajstić information content (AvgIpc) is 3.49. The lowest BCUT2D eigenvalue weighted by Crippen LogP contribution is -2.29. The van der Waals surface area contributed by atoms with E-state index in [-0.39, 0.29) is 24.8 Å². The van der Waals surface area contributed by atoms with Crippen molar-refractivity contribution in [2.75, 3.05) is 17.2 Å². The Morgan fingerprint density at radius 2 is 1.94 bits per heavy atom. The molecule has 4 unspecified atom stereocenters. The lowest BCUT2D eigenvalue weighted by atomic mass is 10.1. The molecule has 4 atom stereocenters. The molecule has 2 aliphatic carbocycles. The van der Waals surface area contributed by atoms with Gasteiger partial charge >= 0.3 is 0 Å². The van der Waals surface area contributed by atoms with E-state index in [4.69, 9.17) is 15.0 Å². The quantitative estimate of drug-likeness (QED) is 0.446. The number of aliphatic hydroxyl groups is 2. The van der Waals surface area contributed by atoms with Gasteiger partial charge in [-0.3, -0.25) is 4.98 Å². The first kappa shape index (κ1) is 21.5. The molecule has 0 aliphatic heterocycles. The molecule has 170 valence electrons. The maximum absolute atomic E-state index is 10.2. The first-order valence-corrected chi connectivity index (χ1v) is 12.3. The van der Waals surface area contributed by atoms with Crippen molar-refractivity contribution in [3.05, 3.63) is 23.7 Å². The highest BCUT2D eigenvalue weighted by atomic mass is 32.1. The van der Waals surface area contributed by atoms with Gasteiger partial charge < -0.3 is 20.8 Å². The van der Waals surface area contributed by atoms with E-state index in [9.17, 15) is 10.2 Å². The van der Waals surface area contributed by atoms with Gasteiger partial charge in [0.05, 0.1) is 33.8 Å². The van der Waals surface area contributed by atoms with Crippen LogP contribution >= 0.6 is 11.3 Å². The zero-order valence-corrected chi connectivity index (χ0v) is 19.3. The molecule has 2 fully saturated rings. The number of fused-ring (bicyclic) bond motifs is 1. The Morgan fingerprint density at radius 1 is 1.06 bits per heavy atom. The summed E-state index contributed by atoms with van der Waals surface area (Å²) in [5.74, 6) is 1.64. The first-order valence-electron chi connectivity index (χ1n) is 11.4. The number of rotatable bonds is 6. The number of hydrogen-bond acceptors (Lipinski definition) is 9. The molecule has 32 heavy (non-hydrogen) atoms. The molecule has 3 aromatic rings. The molecule has 9 heteroatoms. The fourth-order valence-corrected chi connectivity index (χ4v) is 6.04. The van der Waals surface area contributed by atoms with E-state index >= 15 is 0 Å². The maximum Gasteiger partial charge on any atom is 0.225 e. The van der Waals surface area contributed by atoms with E-state index in [0.29, 0.717) is 11.9 Å². The zero-order valence-electron chi connectivity index (χ0n) is 18.5. The Hall–Kier alpha value is -2.36. The molecule has 2 saturated carbocycles. The summed E-state index contributed by atoms with van der Waals surface area (Å²) in [6.07, 6.45) is 7.11. The second-order valence-electron chi connectivity index (χ2n) is 9.07. The maximum atomic E-state index is 10.2. The second-order valence-corrected chi connectivity index (χ2v) is 10.1. The van der Waals surface area contributed by atoms with Gasteiger partial charge in [-0.05, 0) is 64.4 Å². The smallest absolute Gasteiger partial charge is 0.225 e. The Morgan fingerprint density at radius 3 is 2.66 bits per heavy atom. The minimum absolute atomic E-state index is 0.0190. The van der Waals surface area contributed by atoms with E-state index in [1.165, 1.54) is 0 Å². The van der Waals surface area contributed by atoms with Crippen molar-refractivity contribution in [2.24, 2.45) is 5.92 Å². The molecule has 0 bridgehead atoms. The molecule has 0 aromatic carbocycles. The van der Waals surface area contributed by atoms with Crippen molar-refractivity contribution >= 4 is 33.3 Å². The first-order chi connectivity index (χ1) is 15.5. The highest BCUT2D eigenvalue weighted by molar-refractivity contribution is 7.21. The lowest BCUT2D eigenvalue weighted by Gasteiger charge is -2.21. The number of nitrogens with one attached hydrogen (secondary N) is 2. The third-order valence-corrected chi connectivity index (χ3v) is 7.77. The highest BCUT2D eigenvalue weighted by Crippen LogP contribution is 2.38. The van der Waals surface area contributed by atoms with Crippen LogP contribution in [0.2, 0.25) is 0 Å². The molecular formula is C23H30N6O2S. The summed E-state index contributed by atoms with van der Waals surface area (Å²) in [6.45, 7) is 4.19. The van der Waals surface area contributed by atoms with Crippen molar-refractivity contribution in [1.82, 2.24) is 19.9 Å². The predicted molar refractivity (Wildman–Crippen MR) is 127 cm³/mol. The SMILES string of the molecule is Cc1nc(NC2CCCC2O)nc(NC2CCC(CO)C2)c1-c1nc2c(C)nccc2s1. The number of hydrogen-bond donors (Lipinski definition) is 4. The minimum atomic E-state index is -0.366. The molecule has 0 amide bonds. The van der Waals surface area contributed by atoms with Gasteiger partial charge in [-0.2, -0.15) is 4.98 Å². The average molecular weight is 455 g/mol. The molecule has 0 spiro atoms. The van der Waals surface area contributed by atoms with Crippen molar-refractivity contribution in [1.29, 1.82) is 0 Å². The summed E-state index contributed by atoms with van der Waals surface area (Å²) in [5.41, 5.74) is 3.58. The van der Waals surface area contributed by atoms with Crippen LogP contribution in [0.5, 0.6) is 0 Å². The molecule has 3 aromatic heterocycles. The highest BCUT2D eigenvalue weighted by Gasteiger charge is 2.29. The third-order valence-electron chi connectivity index (χ3n) is 6.73. The Kier molecular flexibility index (Phi) is 5.96. The lowest BCUT2D eigenvalue weighted by molar-refractivity contribution is 0.171. The van der Waals surface area contributed by atoms with Gasteiger partial charge in [0.2, 0.25) is 5.95 Å². The normalized spacial score (nSPS) is 25.5. The van der Waals surface area contributed by atoms with E-state index in [0.717, 1.165) is 76.5 Å². The number of aryl methyl sites for hydroxylation is 2. The molecule has 3 heterocycles. The van der Waals surface area contributed by atoms with Crippen molar-refractivity contribution in [3.8, 4) is 10.6 Å². The fourth-order valence-electron chi connectivity index (χ4n) is 4.93. The van der Waals surface area contributed by atoms with Gasteiger partial charge in [-0.25, -0.2) is 9.97 Å². The van der Waals surface area contributed by atoms with Crippen molar-refractivity contribution in [3.63, 3.8) is 0 Å². The van der Waals surface area contributed by atoms with E-state index < -0.39 is 0 Å². The minimum Gasteiger partial charge on any atom is -0.396 e. The van der Waals surface area contributed by atoms with Crippen LogP contribution in [0.3, 0.4) is 0 Å². The van der Waals surface area contributed by atoms with Gasteiger partial charge in [0, 0.05) is 18.8 Å². The van der Waals surface area contributed by atoms with Crippen LogP contribution in [0.25, 0.3) is 20.8 Å². The molecule has 0 radical (unpaired) electrons. The number of nitrogens with zero attached hydrogens (tertiary/aromatic N) is 4. The molecular weight excluding hydrogens is 424 g/mol. The standard InChI is InChI=1S/C23H30N6O2S/c1-12-19(22-28-20-13(2)24-9-8-18(20)32-22)21(26-15-7-6-14(10-15)11-30)29-23(25-12)27-16-4-3-5-17(16)31/h8-9,14-17,30-31H,3-7,10-11H2,1-2H3,(H2,25,26,27,29). The van der Waals surface area contributed by atoms with Crippen LogP contribution < -0.4 is 10.6 Å². The Labute approximate surface area is 191 Å². The van der Waals surface area contributed by atoms with Crippen LogP contribution in [0.4, 0.5) is 11.8 Å². The fraction of sp³-hybridized carbons (Fsp3) is 0.565. The summed E-state index contributed by atoms with van der Waals surface area (Å²) in [6, 6.07) is 2.23. The van der Waals surface area contributed by atoms with Gasteiger partial charge in [0.1, 0.15) is 16.3 Å². The van der Waals surface area contributed by atoms with Gasteiger partial charge in [-0.1, -0.05) is 0 Å².